The Morgan fingerprint density at radius 3 is 2.25 bits per heavy atom. The van der Waals surface area contributed by atoms with Gasteiger partial charge in [0, 0.05) is 15.8 Å². The summed E-state index contributed by atoms with van der Waals surface area (Å²) in [4.78, 5) is -0.445. The van der Waals surface area contributed by atoms with Gasteiger partial charge in [-0.2, -0.15) is 0 Å². The van der Waals surface area contributed by atoms with E-state index in [1.807, 2.05) is 0 Å². The molecule has 1 N–H and O–H groups in total. The van der Waals surface area contributed by atoms with Crippen LogP contribution in [0.5, 0.6) is 5.75 Å². The fourth-order valence-corrected chi connectivity index (χ4v) is 5.51. The molecule has 0 spiro atoms. The van der Waals surface area contributed by atoms with Gasteiger partial charge in [-0.05, 0) is 35.9 Å². The maximum absolute atomic E-state index is 12.6. The monoisotopic (exact) mass is 472 g/mol. The Kier molecular flexibility index (Phi) is 5.56. The van der Waals surface area contributed by atoms with Gasteiger partial charge in [0.2, 0.25) is 0 Å². The summed E-state index contributed by atoms with van der Waals surface area (Å²) < 4.78 is 48.8. The number of rotatable bonds is 4. The molecule has 130 valence electrons. The van der Waals surface area contributed by atoms with Crippen LogP contribution in [0.25, 0.3) is 0 Å². The minimum absolute atomic E-state index is 0.0864. The zero-order valence-corrected chi connectivity index (χ0v) is 16.9. The second-order valence-electron chi connectivity index (χ2n) is 5.06. The minimum atomic E-state index is -3.99. The summed E-state index contributed by atoms with van der Waals surface area (Å²) in [6.45, 7) is 0. The quantitative estimate of drug-likeness (QED) is 0.728. The van der Waals surface area contributed by atoms with Crippen molar-refractivity contribution in [2.75, 3.05) is 6.26 Å². The number of phenols is 1. The highest BCUT2D eigenvalue weighted by atomic mass is 79.9. The summed E-state index contributed by atoms with van der Waals surface area (Å²) in [7, 11) is -7.53. The first-order valence-electron chi connectivity index (χ1n) is 6.30. The average molecular weight is 474 g/mol. The van der Waals surface area contributed by atoms with Gasteiger partial charge in [-0.3, -0.25) is 0 Å². The van der Waals surface area contributed by atoms with Crippen molar-refractivity contribution >= 4 is 58.8 Å². The second kappa shape index (κ2) is 6.84. The van der Waals surface area contributed by atoms with Crippen molar-refractivity contribution in [3.05, 3.63) is 50.4 Å². The van der Waals surface area contributed by atoms with Gasteiger partial charge >= 0.3 is 0 Å². The van der Waals surface area contributed by atoms with Crippen molar-refractivity contribution in [3.63, 3.8) is 0 Å². The average Bonchev–Trinajstić information content (AvgIpc) is 2.40. The van der Waals surface area contributed by atoms with Gasteiger partial charge in [0.25, 0.3) is 0 Å². The van der Waals surface area contributed by atoms with Crippen LogP contribution in [0.4, 0.5) is 0 Å². The van der Waals surface area contributed by atoms with Crippen molar-refractivity contribution in [1.82, 2.24) is 0 Å². The number of hydrogen-bond donors (Lipinski definition) is 1. The number of benzene rings is 2. The number of phenolic OH excluding ortho intramolecular Hbond substituents is 1. The highest BCUT2D eigenvalue weighted by molar-refractivity contribution is 9.10. The van der Waals surface area contributed by atoms with Crippen molar-refractivity contribution in [3.8, 4) is 5.75 Å². The number of hydrogen-bond acceptors (Lipinski definition) is 5. The molecule has 0 aliphatic carbocycles. The Hall–Kier alpha value is -0.800. The maximum Gasteiger partial charge on any atom is 0.186 e. The lowest BCUT2D eigenvalue weighted by Gasteiger charge is -2.10. The first-order chi connectivity index (χ1) is 10.9. The molecule has 0 aromatic heterocycles. The zero-order chi connectivity index (χ0) is 18.3. The van der Waals surface area contributed by atoms with E-state index in [4.69, 9.17) is 23.2 Å². The molecule has 0 bridgehead atoms. The van der Waals surface area contributed by atoms with E-state index in [-0.39, 0.29) is 25.4 Å². The Balaban J connectivity index is 2.53. The molecule has 0 saturated carbocycles. The van der Waals surface area contributed by atoms with Crippen LogP contribution in [0, 0.1) is 0 Å². The third-order valence-corrected chi connectivity index (χ3v) is 6.80. The molecule has 0 aliphatic heterocycles. The van der Waals surface area contributed by atoms with E-state index < -0.39 is 31.2 Å². The van der Waals surface area contributed by atoms with E-state index in [0.29, 0.717) is 4.47 Å². The molecule has 5 nitrogen and oxygen atoms in total. The van der Waals surface area contributed by atoms with Crippen LogP contribution >= 0.6 is 39.1 Å². The lowest BCUT2D eigenvalue weighted by atomic mass is 10.2. The van der Waals surface area contributed by atoms with Gasteiger partial charge in [-0.1, -0.05) is 39.1 Å². The van der Waals surface area contributed by atoms with E-state index in [0.717, 1.165) is 6.26 Å². The van der Waals surface area contributed by atoms with Crippen molar-refractivity contribution in [1.29, 1.82) is 0 Å². The van der Waals surface area contributed by atoms with Crippen LogP contribution in [0.15, 0.2) is 44.6 Å². The Morgan fingerprint density at radius 1 is 1.04 bits per heavy atom. The fourth-order valence-electron chi connectivity index (χ4n) is 1.99. The van der Waals surface area contributed by atoms with Crippen LogP contribution in [0.1, 0.15) is 5.56 Å². The zero-order valence-electron chi connectivity index (χ0n) is 12.1. The second-order valence-corrected chi connectivity index (χ2v) is 10.8. The molecule has 10 heteroatoms. The molecule has 0 amide bonds. The molecule has 0 radical (unpaired) electrons. The van der Waals surface area contributed by atoms with Crippen molar-refractivity contribution < 1.29 is 21.9 Å². The lowest BCUT2D eigenvalue weighted by Crippen LogP contribution is -2.07. The standard InChI is InChI=1S/C14H11BrCl2O5S2/c1-23(19,20)11-3-8(2-10(16)6-11)7-24(21,22)13-5-9(15)4-12(17)14(13)18/h2-6,18H,7H2,1H3. The van der Waals surface area contributed by atoms with E-state index in [1.165, 1.54) is 30.3 Å². The van der Waals surface area contributed by atoms with E-state index >= 15 is 0 Å². The Morgan fingerprint density at radius 2 is 1.67 bits per heavy atom. The molecule has 2 aromatic carbocycles. The van der Waals surface area contributed by atoms with Gasteiger partial charge in [0.1, 0.15) is 4.90 Å². The Labute approximate surface area is 158 Å². The van der Waals surface area contributed by atoms with Gasteiger partial charge in [0.05, 0.1) is 15.7 Å². The molecule has 2 rings (SSSR count). The van der Waals surface area contributed by atoms with E-state index in [9.17, 15) is 21.9 Å². The molecule has 2 aromatic rings. The third-order valence-electron chi connectivity index (χ3n) is 3.04. The van der Waals surface area contributed by atoms with Gasteiger partial charge in [0.15, 0.2) is 25.4 Å². The van der Waals surface area contributed by atoms with Gasteiger partial charge < -0.3 is 5.11 Å². The summed E-state index contributed by atoms with van der Waals surface area (Å²) in [6.07, 6.45) is 0.997. The molecule has 0 unspecified atom stereocenters. The highest BCUT2D eigenvalue weighted by Gasteiger charge is 2.23. The molecule has 0 heterocycles. The smallest absolute Gasteiger partial charge is 0.186 e. The summed E-state index contributed by atoms with van der Waals surface area (Å²) in [5.74, 6) is -1.11. The number of aromatic hydroxyl groups is 1. The van der Waals surface area contributed by atoms with Crippen LogP contribution < -0.4 is 0 Å². The predicted octanol–water partition coefficient (Wildman–Crippen LogP) is 3.84. The highest BCUT2D eigenvalue weighted by Crippen LogP contribution is 2.36. The largest absolute Gasteiger partial charge is 0.505 e. The molecule has 0 saturated heterocycles. The molecule has 0 atom stereocenters. The molecular formula is C14H11BrCl2O5S2. The molecule has 24 heavy (non-hydrogen) atoms. The van der Waals surface area contributed by atoms with Gasteiger partial charge in [-0.15, -0.1) is 0 Å². The molecule has 0 aliphatic rings. The van der Waals surface area contributed by atoms with Crippen molar-refractivity contribution in [2.45, 2.75) is 15.5 Å². The summed E-state index contributed by atoms with van der Waals surface area (Å²) in [6, 6.07) is 6.40. The summed E-state index contributed by atoms with van der Waals surface area (Å²) >= 11 is 14.8. The third kappa shape index (κ3) is 4.43. The van der Waals surface area contributed by atoms with Crippen LogP contribution in [0.3, 0.4) is 0 Å². The predicted molar refractivity (Wildman–Crippen MR) is 96.3 cm³/mol. The normalized spacial score (nSPS) is 12.3. The van der Waals surface area contributed by atoms with Crippen LogP contribution in [-0.4, -0.2) is 28.2 Å². The topological polar surface area (TPSA) is 88.5 Å². The molecule has 0 fully saturated rings. The SMILES string of the molecule is CS(=O)(=O)c1cc(Cl)cc(CS(=O)(=O)c2cc(Br)cc(Cl)c2O)c1. The van der Waals surface area contributed by atoms with Crippen LogP contribution in [0.2, 0.25) is 10.0 Å². The van der Waals surface area contributed by atoms with Gasteiger partial charge in [-0.25, -0.2) is 16.8 Å². The van der Waals surface area contributed by atoms with E-state index in [2.05, 4.69) is 15.9 Å². The first-order valence-corrected chi connectivity index (χ1v) is 11.4. The van der Waals surface area contributed by atoms with Crippen molar-refractivity contribution in [2.24, 2.45) is 0 Å². The van der Waals surface area contributed by atoms with Crippen LogP contribution in [-0.2, 0) is 25.4 Å². The molecular weight excluding hydrogens is 463 g/mol. The van der Waals surface area contributed by atoms with E-state index in [1.54, 1.807) is 0 Å². The fraction of sp³-hybridized carbons (Fsp3) is 0.143. The summed E-state index contributed by atoms with van der Waals surface area (Å²) in [5, 5.41) is 9.90. The summed E-state index contributed by atoms with van der Waals surface area (Å²) in [5.41, 5.74) is 0.179. The maximum atomic E-state index is 12.6. The number of halogens is 3. The number of sulfone groups is 2. The first kappa shape index (κ1) is 19.5. The minimum Gasteiger partial charge on any atom is -0.505 e. The Bertz CT molecular complexity index is 1020. The lowest BCUT2D eigenvalue weighted by molar-refractivity contribution is 0.459.